The number of rotatable bonds is 14. The van der Waals surface area contributed by atoms with Gasteiger partial charge in [0.25, 0.3) is 0 Å². The van der Waals surface area contributed by atoms with Crippen LogP contribution in [0.15, 0.2) is 42.0 Å². The summed E-state index contributed by atoms with van der Waals surface area (Å²) in [6.45, 7) is 8.97. The summed E-state index contributed by atoms with van der Waals surface area (Å²) in [5.74, 6) is -3.48. The molecule has 6 atom stereocenters. The first-order valence-electron chi connectivity index (χ1n) is 20.8. The van der Waals surface area contributed by atoms with Crippen molar-refractivity contribution in [3.05, 3.63) is 53.1 Å². The number of hydrogen-bond donors (Lipinski definition) is 2. The van der Waals surface area contributed by atoms with Crippen LogP contribution in [0.3, 0.4) is 0 Å². The number of nitrogens with zero attached hydrogens (tertiary/aromatic N) is 1. The number of amides is 2. The Morgan fingerprint density at radius 3 is 2.31 bits per heavy atom. The molecule has 7 rings (SSSR count). The van der Waals surface area contributed by atoms with Gasteiger partial charge < -0.3 is 43.7 Å². The zero-order chi connectivity index (χ0) is 42.3. The molecule has 3 saturated heterocycles. The minimum Gasteiger partial charge on any atom is -0.462 e. The molecule has 1 aromatic carbocycles. The number of fused-ring (bicyclic) bond motifs is 1. The van der Waals surface area contributed by atoms with Crippen molar-refractivity contribution in [2.45, 2.75) is 140 Å². The van der Waals surface area contributed by atoms with Gasteiger partial charge in [0, 0.05) is 48.3 Å². The second-order valence-electron chi connectivity index (χ2n) is 18.3. The van der Waals surface area contributed by atoms with Crippen molar-refractivity contribution in [3.63, 3.8) is 0 Å². The van der Waals surface area contributed by atoms with Gasteiger partial charge in [0.2, 0.25) is 17.9 Å². The van der Waals surface area contributed by atoms with Crippen molar-refractivity contribution in [1.29, 1.82) is 0 Å². The van der Waals surface area contributed by atoms with Crippen molar-refractivity contribution >= 4 is 41.8 Å². The van der Waals surface area contributed by atoms with Crippen LogP contribution in [0.25, 0.3) is 6.08 Å². The molecule has 0 unspecified atom stereocenters. The third kappa shape index (κ3) is 9.73. The Morgan fingerprint density at radius 2 is 1.69 bits per heavy atom. The molecule has 5 fully saturated rings. The Hall–Kier alpha value is -4.60. The van der Waals surface area contributed by atoms with Gasteiger partial charge in [-0.2, -0.15) is 0 Å². The summed E-state index contributed by atoms with van der Waals surface area (Å²) in [5, 5.41) is 12.8. The first-order valence-corrected chi connectivity index (χ1v) is 20.8. The maximum absolute atomic E-state index is 14.3. The maximum atomic E-state index is 14.3. The van der Waals surface area contributed by atoms with E-state index in [2.05, 4.69) is 5.32 Å². The number of hydrogen-bond acceptors (Lipinski definition) is 13. The van der Waals surface area contributed by atoms with E-state index in [9.17, 15) is 33.9 Å². The maximum Gasteiger partial charge on any atom is 0.348 e. The van der Waals surface area contributed by atoms with Crippen molar-refractivity contribution in [1.82, 2.24) is 10.2 Å². The van der Waals surface area contributed by atoms with Crippen molar-refractivity contribution in [2.75, 3.05) is 19.8 Å². The molecule has 2 amide bonds. The lowest BCUT2D eigenvalue weighted by atomic mass is 9.90. The first-order chi connectivity index (χ1) is 28.0. The van der Waals surface area contributed by atoms with Gasteiger partial charge in [0.1, 0.15) is 36.6 Å². The Morgan fingerprint density at radius 1 is 1.00 bits per heavy atom. The number of aliphatic hydroxyl groups is 1. The molecular weight excluding hydrogens is 764 g/mol. The van der Waals surface area contributed by atoms with E-state index in [0.717, 1.165) is 25.7 Å². The van der Waals surface area contributed by atoms with Crippen LogP contribution in [0.1, 0.15) is 108 Å². The highest BCUT2D eigenvalue weighted by Gasteiger charge is 2.64. The molecule has 1 aromatic rings. The van der Waals surface area contributed by atoms with Gasteiger partial charge >= 0.3 is 23.9 Å². The molecule has 0 spiro atoms. The summed E-state index contributed by atoms with van der Waals surface area (Å²) in [7, 11) is 0. The van der Waals surface area contributed by atoms with E-state index in [0.29, 0.717) is 30.5 Å². The Kier molecular flexibility index (Phi) is 12.1. The highest BCUT2D eigenvalue weighted by molar-refractivity contribution is 5.98. The average Bonchev–Trinajstić information content (AvgIpc) is 4.12. The molecule has 6 aliphatic rings. The molecule has 3 heterocycles. The molecule has 59 heavy (non-hydrogen) atoms. The molecule has 15 heteroatoms. The summed E-state index contributed by atoms with van der Waals surface area (Å²) in [5.41, 5.74) is -0.0860. The first kappa shape index (κ1) is 42.5. The number of cyclic esters (lactones) is 1. The van der Waals surface area contributed by atoms with Crippen LogP contribution in [0.2, 0.25) is 0 Å². The van der Waals surface area contributed by atoms with E-state index in [1.165, 1.54) is 17.1 Å². The molecule has 2 N–H and O–H groups in total. The van der Waals surface area contributed by atoms with E-state index in [4.69, 9.17) is 28.4 Å². The molecule has 0 radical (unpaired) electrons. The van der Waals surface area contributed by atoms with Crippen LogP contribution >= 0.6 is 0 Å². The van der Waals surface area contributed by atoms with Crippen molar-refractivity contribution in [3.8, 4) is 0 Å². The number of benzene rings is 1. The summed E-state index contributed by atoms with van der Waals surface area (Å²) < 4.78 is 35.4. The van der Waals surface area contributed by atoms with E-state index in [1.807, 2.05) is 0 Å². The molecule has 3 aliphatic carbocycles. The topological polar surface area (TPSA) is 193 Å². The molecule has 0 bridgehead atoms. The van der Waals surface area contributed by atoms with E-state index < -0.39 is 83.1 Å². The number of carbonyl (C=O) groups excluding carboxylic acids is 6. The van der Waals surface area contributed by atoms with Crippen molar-refractivity contribution in [2.24, 2.45) is 17.3 Å². The zero-order valence-corrected chi connectivity index (χ0v) is 34.4. The van der Waals surface area contributed by atoms with Gasteiger partial charge in [0.15, 0.2) is 5.79 Å². The van der Waals surface area contributed by atoms with Crippen LogP contribution in [-0.2, 0) is 52.4 Å². The molecule has 320 valence electrons. The molecule has 15 nitrogen and oxygen atoms in total. The predicted octanol–water partition coefficient (Wildman–Crippen LogP) is 3.94. The van der Waals surface area contributed by atoms with Crippen LogP contribution in [0.4, 0.5) is 0 Å². The highest BCUT2D eigenvalue weighted by atomic mass is 16.8. The minimum absolute atomic E-state index is 0.00811. The van der Waals surface area contributed by atoms with Gasteiger partial charge in [-0.1, -0.05) is 26.0 Å². The SMILES string of the molecule is CC(C)(C)OC(=O)CC[C@@H](CO)NC(=O)[C@H]1CCCN1C(=O)C1=C[C@H]2OC(C3CC3)(C3CC3)O[C@H]2[C@H](OC(=O)c2ccc(C=CC(=O)O[C@H]3C(=O)OCC3(C)C)cc2)C1. The Labute approximate surface area is 344 Å². The fourth-order valence-corrected chi connectivity index (χ4v) is 8.41. The second-order valence-corrected chi connectivity index (χ2v) is 18.3. The fourth-order valence-electron chi connectivity index (χ4n) is 8.41. The van der Waals surface area contributed by atoms with Crippen LogP contribution in [0, 0.1) is 17.3 Å². The van der Waals surface area contributed by atoms with Gasteiger partial charge in [-0.25, -0.2) is 14.4 Å². The van der Waals surface area contributed by atoms with Crippen LogP contribution in [-0.4, -0.2) is 113 Å². The lowest BCUT2D eigenvalue weighted by Crippen LogP contribution is -2.51. The van der Waals surface area contributed by atoms with E-state index >= 15 is 0 Å². The Bertz CT molecular complexity index is 1860. The van der Waals surface area contributed by atoms with E-state index in [-0.39, 0.29) is 55.8 Å². The number of esters is 4. The van der Waals surface area contributed by atoms with Crippen molar-refractivity contribution < 1.29 is 62.3 Å². The molecule has 2 saturated carbocycles. The van der Waals surface area contributed by atoms with Gasteiger partial charge in [-0.3, -0.25) is 14.4 Å². The third-order valence-corrected chi connectivity index (χ3v) is 11.7. The lowest BCUT2D eigenvalue weighted by molar-refractivity contribution is -0.209. The summed E-state index contributed by atoms with van der Waals surface area (Å²) in [6.07, 6.45) is 6.47. The molecular formula is C44H56N2O13. The molecule has 3 aliphatic heterocycles. The van der Waals surface area contributed by atoms with Crippen LogP contribution < -0.4 is 5.32 Å². The van der Waals surface area contributed by atoms with Gasteiger partial charge in [-0.15, -0.1) is 0 Å². The van der Waals surface area contributed by atoms with Crippen LogP contribution in [0.5, 0.6) is 0 Å². The highest BCUT2D eigenvalue weighted by Crippen LogP contribution is 2.59. The molecule has 0 aromatic heterocycles. The minimum atomic E-state index is -1.00. The number of likely N-dealkylation sites (tertiary alicyclic amines) is 1. The Balaban J connectivity index is 1.02. The number of carbonyl (C=O) groups is 6. The predicted molar refractivity (Wildman–Crippen MR) is 209 cm³/mol. The lowest BCUT2D eigenvalue weighted by Gasteiger charge is -2.33. The third-order valence-electron chi connectivity index (χ3n) is 11.7. The summed E-state index contributed by atoms with van der Waals surface area (Å²) >= 11 is 0. The normalized spacial score (nSPS) is 27.7. The number of aliphatic hydroxyl groups excluding tert-OH is 1. The summed E-state index contributed by atoms with van der Waals surface area (Å²) in [4.78, 5) is 79.9. The summed E-state index contributed by atoms with van der Waals surface area (Å²) in [6, 6.07) is 4.92. The number of nitrogens with one attached hydrogen (secondary N) is 1. The smallest absolute Gasteiger partial charge is 0.348 e. The number of ether oxygens (including phenoxy) is 6. The monoisotopic (exact) mass is 820 g/mol. The average molecular weight is 821 g/mol. The van der Waals surface area contributed by atoms with E-state index in [1.54, 1.807) is 65.0 Å². The fraction of sp³-hybridized carbons (Fsp3) is 0.636. The quantitative estimate of drug-likeness (QED) is 0.156. The standard InChI is InChI=1S/C44H56N2O13/c1-42(2,3)58-35(49)19-17-30(23-47)45-38(50)31-7-6-20-46(31)39(51)27-21-32(36-33(22-27)57-44(59-36,28-13-14-28)29-15-16-29)55-40(52)26-11-8-25(9-12-26)10-18-34(48)56-37-41(53)54-24-43(37,4)5/h8-12,18,22,28-33,36-37,47H,6-7,13-17,19-21,23-24H2,1-5H3,(H,45,50)/t30-,31+,32+,33+,36-,37-/m0/s1. The second kappa shape index (κ2) is 16.8. The van der Waals surface area contributed by atoms with Gasteiger partial charge in [-0.05, 0) is 95.6 Å². The van der Waals surface area contributed by atoms with Gasteiger partial charge in [0.05, 0.1) is 18.2 Å². The largest absolute Gasteiger partial charge is 0.462 e. The zero-order valence-electron chi connectivity index (χ0n) is 34.4.